The second-order valence-corrected chi connectivity index (χ2v) is 4.35. The fraction of sp³-hybridized carbons (Fsp3) is 0.200. The van der Waals surface area contributed by atoms with Crippen LogP contribution in [0.15, 0.2) is 48.5 Å². The molecule has 0 bridgehead atoms. The maximum Gasteiger partial charge on any atom is 0.416 e. The monoisotopic (exact) mass is 283 g/mol. The number of alkyl halides is 3. The Morgan fingerprint density at radius 2 is 1.35 bits per heavy atom. The molecule has 20 heavy (non-hydrogen) atoms. The average molecular weight is 283 g/mol. The van der Waals surface area contributed by atoms with Crippen LogP contribution in [0.25, 0.3) is 0 Å². The molecule has 1 N–H and O–H groups in total. The summed E-state index contributed by atoms with van der Waals surface area (Å²) in [6, 6.07) is 11.5. The minimum Gasteiger partial charge on any atom is -0.308 e. The molecule has 0 amide bonds. The summed E-state index contributed by atoms with van der Waals surface area (Å²) < 4.78 is 51.7. The van der Waals surface area contributed by atoms with Crippen LogP contribution >= 0.6 is 0 Å². The molecule has 0 spiro atoms. The molecule has 106 valence electrons. The highest BCUT2D eigenvalue weighted by Crippen LogP contribution is 2.31. The lowest BCUT2D eigenvalue weighted by Gasteiger charge is -2.13. The SMILES string of the molecule is Fc1ccccc1CNCc1ccccc1C(F)(F)F. The van der Waals surface area contributed by atoms with Crippen molar-refractivity contribution < 1.29 is 17.6 Å². The molecule has 2 aromatic rings. The van der Waals surface area contributed by atoms with Gasteiger partial charge in [-0.3, -0.25) is 0 Å². The molecule has 0 unspecified atom stereocenters. The van der Waals surface area contributed by atoms with E-state index in [1.54, 1.807) is 24.3 Å². The molecule has 2 aromatic carbocycles. The van der Waals surface area contributed by atoms with Crippen LogP contribution in [-0.2, 0) is 19.3 Å². The first-order chi connectivity index (χ1) is 9.48. The maximum absolute atomic E-state index is 13.4. The molecule has 2 rings (SSSR count). The molecule has 0 radical (unpaired) electrons. The first-order valence-corrected chi connectivity index (χ1v) is 6.07. The van der Waals surface area contributed by atoms with E-state index in [9.17, 15) is 17.6 Å². The van der Waals surface area contributed by atoms with Crippen LogP contribution in [0.5, 0.6) is 0 Å². The fourth-order valence-corrected chi connectivity index (χ4v) is 1.92. The molecule has 1 nitrogen and oxygen atoms in total. The summed E-state index contributed by atoms with van der Waals surface area (Å²) in [5, 5.41) is 2.83. The van der Waals surface area contributed by atoms with E-state index in [-0.39, 0.29) is 24.5 Å². The van der Waals surface area contributed by atoms with Crippen molar-refractivity contribution in [1.82, 2.24) is 5.32 Å². The predicted molar refractivity (Wildman–Crippen MR) is 68.4 cm³/mol. The van der Waals surface area contributed by atoms with Crippen molar-refractivity contribution in [2.75, 3.05) is 0 Å². The van der Waals surface area contributed by atoms with E-state index in [2.05, 4.69) is 5.32 Å². The van der Waals surface area contributed by atoms with Gasteiger partial charge < -0.3 is 5.32 Å². The van der Waals surface area contributed by atoms with Gasteiger partial charge in [0, 0.05) is 18.7 Å². The van der Waals surface area contributed by atoms with Gasteiger partial charge in [0.25, 0.3) is 0 Å². The smallest absolute Gasteiger partial charge is 0.308 e. The van der Waals surface area contributed by atoms with E-state index >= 15 is 0 Å². The molecule has 5 heteroatoms. The van der Waals surface area contributed by atoms with Gasteiger partial charge in [0.15, 0.2) is 0 Å². The summed E-state index contributed by atoms with van der Waals surface area (Å²) in [6.45, 7) is 0.211. The molecule has 0 aliphatic carbocycles. The van der Waals surface area contributed by atoms with Crippen molar-refractivity contribution in [2.24, 2.45) is 0 Å². The summed E-state index contributed by atoms with van der Waals surface area (Å²) in [5.74, 6) is -0.371. The van der Waals surface area contributed by atoms with E-state index in [0.29, 0.717) is 5.56 Å². The number of halogens is 4. The Bertz CT molecular complexity index is 578. The summed E-state index contributed by atoms with van der Waals surface area (Å²) in [7, 11) is 0. The third-order valence-electron chi connectivity index (χ3n) is 2.91. The standard InChI is InChI=1S/C15H13F4N/c16-14-8-4-2-6-12(14)10-20-9-11-5-1-3-7-13(11)15(17,18)19/h1-8,20H,9-10H2. The number of nitrogens with one attached hydrogen (secondary N) is 1. The summed E-state index contributed by atoms with van der Waals surface area (Å²) in [4.78, 5) is 0. The van der Waals surface area contributed by atoms with Gasteiger partial charge in [-0.1, -0.05) is 36.4 Å². The lowest BCUT2D eigenvalue weighted by Crippen LogP contribution is -2.17. The maximum atomic E-state index is 13.4. The Morgan fingerprint density at radius 1 is 0.800 bits per heavy atom. The first-order valence-electron chi connectivity index (χ1n) is 6.07. The first kappa shape index (κ1) is 14.5. The van der Waals surface area contributed by atoms with Crippen LogP contribution in [0, 0.1) is 5.82 Å². The fourth-order valence-electron chi connectivity index (χ4n) is 1.92. The lowest BCUT2D eigenvalue weighted by molar-refractivity contribution is -0.138. The molecule has 0 atom stereocenters. The molecule has 0 aliphatic rings. The van der Waals surface area contributed by atoms with Crippen LogP contribution in [0.2, 0.25) is 0 Å². The normalized spacial score (nSPS) is 11.6. The van der Waals surface area contributed by atoms with Crippen molar-refractivity contribution >= 4 is 0 Å². The van der Waals surface area contributed by atoms with Crippen LogP contribution in [-0.4, -0.2) is 0 Å². The van der Waals surface area contributed by atoms with Gasteiger partial charge in [0.05, 0.1) is 5.56 Å². The van der Waals surface area contributed by atoms with Gasteiger partial charge in [-0.15, -0.1) is 0 Å². The molecule has 0 fully saturated rings. The Balaban J connectivity index is 2.04. The van der Waals surface area contributed by atoms with E-state index in [1.165, 1.54) is 18.2 Å². The quantitative estimate of drug-likeness (QED) is 0.832. The van der Waals surface area contributed by atoms with Crippen molar-refractivity contribution in [3.63, 3.8) is 0 Å². The summed E-state index contributed by atoms with van der Waals surface area (Å²) in [5.41, 5.74) is -0.0886. The average Bonchev–Trinajstić information content (AvgIpc) is 2.40. The van der Waals surface area contributed by atoms with Crippen LogP contribution in [0.4, 0.5) is 17.6 Å². The molecular weight excluding hydrogens is 270 g/mol. The van der Waals surface area contributed by atoms with Crippen molar-refractivity contribution in [3.8, 4) is 0 Å². The Morgan fingerprint density at radius 3 is 2.00 bits per heavy atom. The molecule has 0 heterocycles. The van der Waals surface area contributed by atoms with Gasteiger partial charge in [0.2, 0.25) is 0 Å². The van der Waals surface area contributed by atoms with Crippen LogP contribution in [0.1, 0.15) is 16.7 Å². The zero-order chi connectivity index (χ0) is 14.6. The van der Waals surface area contributed by atoms with Crippen LogP contribution < -0.4 is 5.32 Å². The lowest BCUT2D eigenvalue weighted by atomic mass is 10.1. The van der Waals surface area contributed by atoms with Gasteiger partial charge >= 0.3 is 6.18 Å². The highest BCUT2D eigenvalue weighted by Gasteiger charge is 2.32. The second-order valence-electron chi connectivity index (χ2n) is 4.35. The van der Waals surface area contributed by atoms with Gasteiger partial charge in [-0.25, -0.2) is 4.39 Å². The second kappa shape index (κ2) is 6.05. The Labute approximate surface area is 114 Å². The van der Waals surface area contributed by atoms with E-state index in [1.807, 2.05) is 0 Å². The van der Waals surface area contributed by atoms with Gasteiger partial charge in [-0.05, 0) is 17.7 Å². The number of rotatable bonds is 4. The van der Waals surface area contributed by atoms with Crippen molar-refractivity contribution in [2.45, 2.75) is 19.3 Å². The minimum atomic E-state index is -4.38. The molecule has 0 saturated heterocycles. The molecule has 0 aromatic heterocycles. The topological polar surface area (TPSA) is 12.0 Å². The number of hydrogen-bond donors (Lipinski definition) is 1. The molecule has 0 aliphatic heterocycles. The minimum absolute atomic E-state index is 0.0318. The van der Waals surface area contributed by atoms with E-state index in [0.717, 1.165) is 6.07 Å². The van der Waals surface area contributed by atoms with E-state index in [4.69, 9.17) is 0 Å². The van der Waals surface area contributed by atoms with Crippen molar-refractivity contribution in [3.05, 3.63) is 71.0 Å². The summed E-state index contributed by atoms with van der Waals surface area (Å²) in [6.07, 6.45) is -4.38. The molecular formula is C15H13F4N. The van der Waals surface area contributed by atoms with Crippen LogP contribution in [0.3, 0.4) is 0 Å². The highest BCUT2D eigenvalue weighted by molar-refractivity contribution is 5.29. The van der Waals surface area contributed by atoms with E-state index < -0.39 is 11.7 Å². The van der Waals surface area contributed by atoms with Gasteiger partial charge in [0.1, 0.15) is 5.82 Å². The summed E-state index contributed by atoms with van der Waals surface area (Å²) >= 11 is 0. The molecule has 0 saturated carbocycles. The third kappa shape index (κ3) is 3.57. The zero-order valence-corrected chi connectivity index (χ0v) is 10.5. The Hall–Kier alpha value is -1.88. The number of hydrogen-bond acceptors (Lipinski definition) is 1. The zero-order valence-electron chi connectivity index (χ0n) is 10.5. The van der Waals surface area contributed by atoms with Gasteiger partial charge in [-0.2, -0.15) is 13.2 Å². The largest absolute Gasteiger partial charge is 0.416 e. The predicted octanol–water partition coefficient (Wildman–Crippen LogP) is 4.13. The highest BCUT2D eigenvalue weighted by atomic mass is 19.4. The van der Waals surface area contributed by atoms with Crippen molar-refractivity contribution in [1.29, 1.82) is 0 Å². The number of benzene rings is 2. The Kier molecular flexibility index (Phi) is 4.39. The third-order valence-corrected chi connectivity index (χ3v) is 2.91.